The van der Waals surface area contributed by atoms with Crippen LogP contribution in [0.2, 0.25) is 0 Å². The lowest BCUT2D eigenvalue weighted by molar-refractivity contribution is 0.0662. The Hall–Kier alpha value is -10.5. The quantitative estimate of drug-likeness (QED) is 0.0450. The van der Waals surface area contributed by atoms with Crippen LogP contribution in [0.15, 0.2) is 69.4 Å². The molecule has 6 aromatic rings. The average Bonchev–Trinajstić information content (AvgIpc) is 0.759. The van der Waals surface area contributed by atoms with E-state index in [4.69, 9.17) is 14.2 Å². The molecular weight excluding hydrogens is 1400 g/mol. The standard InChI is InChI=1S/3C24H27F3N4O4/c3*1-2-3-9-35-22-20-24(34)29-7-5-4-6-8-30(14-29)31(20)13-17(21(22)32)23(33)28-12-16-18(26)10-15(25)11-19(16)27/h3*10-11,13H,2-9,12,14H2,1H3,(H,28,33). The molecule has 0 spiro atoms. The van der Waals surface area contributed by atoms with Crippen molar-refractivity contribution in [2.24, 2.45) is 0 Å². The Labute approximate surface area is 597 Å². The van der Waals surface area contributed by atoms with Crippen molar-refractivity contribution < 1.29 is 82.5 Å². The van der Waals surface area contributed by atoms with Crippen LogP contribution >= 0.6 is 0 Å². The predicted molar refractivity (Wildman–Crippen MR) is 364 cm³/mol. The summed E-state index contributed by atoms with van der Waals surface area (Å²) in [6.45, 7) is 8.96. The molecule has 6 aliphatic heterocycles. The van der Waals surface area contributed by atoms with Gasteiger partial charge < -0.3 is 44.9 Å². The molecule has 3 aromatic carbocycles. The van der Waals surface area contributed by atoms with Crippen molar-refractivity contribution in [1.29, 1.82) is 0 Å². The lowest BCUT2D eigenvalue weighted by Gasteiger charge is -2.41. The Morgan fingerprint density at radius 2 is 0.600 bits per heavy atom. The van der Waals surface area contributed by atoms with E-state index in [1.165, 1.54) is 32.6 Å². The summed E-state index contributed by atoms with van der Waals surface area (Å²) in [6, 6.07) is 3.07. The molecule has 3 aromatic heterocycles. The fraction of sp³-hybridized carbons (Fsp3) is 0.458. The summed E-state index contributed by atoms with van der Waals surface area (Å²) in [5.41, 5.74) is -4.74. The number of pyridine rings is 3. The van der Waals surface area contributed by atoms with E-state index < -0.39 is 123 Å². The minimum absolute atomic E-state index is 0.0615. The average molecular weight is 1480 g/mol. The van der Waals surface area contributed by atoms with Crippen LogP contribution in [0.25, 0.3) is 0 Å². The minimum Gasteiger partial charge on any atom is -0.487 e. The molecule has 105 heavy (non-hydrogen) atoms. The molecule has 0 radical (unpaired) electrons. The van der Waals surface area contributed by atoms with Gasteiger partial charge in [-0.05, 0) is 77.0 Å². The molecule has 33 heteroatoms. The molecule has 0 unspecified atom stereocenters. The summed E-state index contributed by atoms with van der Waals surface area (Å²) in [7, 11) is 0. The summed E-state index contributed by atoms with van der Waals surface area (Å²) < 4.78 is 145. The maximum absolute atomic E-state index is 14.0. The predicted octanol–water partition coefficient (Wildman–Crippen LogP) is 8.73. The van der Waals surface area contributed by atoms with Crippen LogP contribution in [-0.2, 0) is 19.6 Å². The number of ether oxygens (including phenoxy) is 3. The number of benzene rings is 3. The third-order valence-electron chi connectivity index (χ3n) is 18.4. The van der Waals surface area contributed by atoms with Crippen LogP contribution in [0.3, 0.4) is 0 Å². The van der Waals surface area contributed by atoms with Gasteiger partial charge >= 0.3 is 0 Å². The third kappa shape index (κ3) is 17.5. The van der Waals surface area contributed by atoms with Gasteiger partial charge in [0.05, 0.1) is 19.8 Å². The first kappa shape index (κ1) is 77.1. The lowest BCUT2D eigenvalue weighted by atomic mass is 10.1. The number of carbonyl (C=O) groups excluding carboxylic acids is 6. The largest absolute Gasteiger partial charge is 0.487 e. The molecule has 9 heterocycles. The maximum atomic E-state index is 14.0. The second kappa shape index (κ2) is 34.9. The Kier molecular flexibility index (Phi) is 25.6. The second-order valence-electron chi connectivity index (χ2n) is 25.9. The zero-order valence-electron chi connectivity index (χ0n) is 58.2. The van der Waals surface area contributed by atoms with Gasteiger partial charge in [0.15, 0.2) is 34.3 Å². The number of aromatic nitrogens is 3. The first-order chi connectivity index (χ1) is 50.4. The highest BCUT2D eigenvalue weighted by molar-refractivity contribution is 6.01. The van der Waals surface area contributed by atoms with Gasteiger partial charge in [-0.15, -0.1) is 0 Å². The number of unbranched alkanes of at least 4 members (excludes halogenated alkanes) is 3. The van der Waals surface area contributed by atoms with Gasteiger partial charge in [-0.1, -0.05) is 40.0 Å². The highest BCUT2D eigenvalue weighted by atomic mass is 19.2. The zero-order chi connectivity index (χ0) is 75.3. The molecule has 12 rings (SSSR count). The number of carbonyl (C=O) groups is 6. The van der Waals surface area contributed by atoms with Crippen molar-refractivity contribution in [3.63, 3.8) is 0 Å². The van der Waals surface area contributed by atoms with E-state index in [2.05, 4.69) is 16.0 Å². The van der Waals surface area contributed by atoms with Gasteiger partial charge in [-0.2, -0.15) is 0 Å². The van der Waals surface area contributed by atoms with Crippen LogP contribution in [0.4, 0.5) is 39.5 Å². The lowest BCUT2D eigenvalue weighted by Crippen LogP contribution is -2.56. The van der Waals surface area contributed by atoms with Gasteiger partial charge in [0.25, 0.3) is 35.4 Å². The van der Waals surface area contributed by atoms with Crippen molar-refractivity contribution >= 4 is 35.4 Å². The molecule has 6 bridgehead atoms. The summed E-state index contributed by atoms with van der Waals surface area (Å²) in [5.74, 6) is -14.5. The van der Waals surface area contributed by atoms with E-state index in [1.54, 1.807) is 14.7 Å². The number of hydrogen-bond acceptors (Lipinski definition) is 15. The van der Waals surface area contributed by atoms with Crippen LogP contribution in [0.1, 0.15) is 196 Å². The fourth-order valence-electron chi connectivity index (χ4n) is 12.7. The topological polar surface area (TPSA) is 252 Å². The summed E-state index contributed by atoms with van der Waals surface area (Å²) in [6.07, 6.45) is 16.1. The SMILES string of the molecule is CCCCOc1c2n(cc(C(=O)NCc3c(F)cc(F)cc3F)c1=O)N1CCCCCN(C1)C2=O.CCCCOc1c2n(cc(C(=O)NCc3c(F)cc(F)cc3F)c1=O)N1CCCCCN(C1)C2=O.CCCCOc1c2n(cc(C(=O)NCc3c(F)cc(F)cc3F)c1=O)N1CCCCCN(C1)C2=O. The summed E-state index contributed by atoms with van der Waals surface area (Å²) >= 11 is 0. The van der Waals surface area contributed by atoms with Crippen molar-refractivity contribution in [3.05, 3.63) is 188 Å². The van der Waals surface area contributed by atoms with E-state index in [0.29, 0.717) is 115 Å². The van der Waals surface area contributed by atoms with E-state index in [1.807, 2.05) is 35.8 Å². The van der Waals surface area contributed by atoms with Gasteiger partial charge in [0.1, 0.15) is 89.1 Å². The number of nitrogens with zero attached hydrogens (tertiary/aromatic N) is 9. The summed E-state index contributed by atoms with van der Waals surface area (Å²) in [5, 5.41) is 12.5. The third-order valence-corrected chi connectivity index (χ3v) is 18.4. The number of rotatable bonds is 21. The smallest absolute Gasteiger partial charge is 0.277 e. The normalized spacial score (nSPS) is 15.4. The molecule has 0 saturated carbocycles. The number of nitrogens with one attached hydrogen (secondary N) is 3. The number of amides is 6. The molecule has 0 atom stereocenters. The molecule has 24 nitrogen and oxygen atoms in total. The van der Waals surface area contributed by atoms with Crippen molar-refractivity contribution in [2.45, 2.75) is 137 Å². The fourth-order valence-corrected chi connectivity index (χ4v) is 12.7. The van der Waals surface area contributed by atoms with Crippen LogP contribution in [0.5, 0.6) is 17.2 Å². The Morgan fingerprint density at radius 3 is 0.838 bits per heavy atom. The second-order valence-corrected chi connectivity index (χ2v) is 25.9. The van der Waals surface area contributed by atoms with Crippen molar-refractivity contribution in [2.75, 3.05) is 94.1 Å². The number of halogens is 9. The number of fused-ring (bicyclic) bond motifs is 12. The molecule has 6 aliphatic rings. The van der Waals surface area contributed by atoms with E-state index in [0.717, 1.165) is 77.0 Å². The molecular formula is C72H81F9N12O12. The highest BCUT2D eigenvalue weighted by Gasteiger charge is 2.40. The van der Waals surface area contributed by atoms with Gasteiger partial charge in [0.2, 0.25) is 16.3 Å². The summed E-state index contributed by atoms with van der Waals surface area (Å²) in [4.78, 5) is 123. The van der Waals surface area contributed by atoms with Gasteiger partial charge in [-0.25, -0.2) is 39.5 Å². The zero-order valence-corrected chi connectivity index (χ0v) is 58.2. The van der Waals surface area contributed by atoms with Gasteiger partial charge in [-0.3, -0.25) is 72.2 Å². The molecule has 0 aliphatic carbocycles. The van der Waals surface area contributed by atoms with E-state index >= 15 is 0 Å². The van der Waals surface area contributed by atoms with Gasteiger partial charge in [0, 0.05) is 131 Å². The van der Waals surface area contributed by atoms with Crippen LogP contribution in [0, 0.1) is 52.4 Å². The minimum atomic E-state index is -1.15. The highest BCUT2D eigenvalue weighted by Crippen LogP contribution is 2.30. The molecule has 564 valence electrons. The van der Waals surface area contributed by atoms with Crippen LogP contribution in [-0.4, -0.2) is 143 Å². The van der Waals surface area contributed by atoms with Crippen molar-refractivity contribution in [3.8, 4) is 17.2 Å². The first-order valence-electron chi connectivity index (χ1n) is 35.1. The molecule has 6 amide bonds. The monoisotopic (exact) mass is 1480 g/mol. The molecule has 3 saturated heterocycles. The van der Waals surface area contributed by atoms with E-state index in [9.17, 15) is 82.7 Å². The molecule has 3 fully saturated rings. The maximum Gasteiger partial charge on any atom is 0.277 e. The Morgan fingerprint density at radius 1 is 0.362 bits per heavy atom. The van der Waals surface area contributed by atoms with Crippen LogP contribution < -0.4 is 61.5 Å². The Bertz CT molecular complexity index is 3970. The number of hydrogen-bond donors (Lipinski definition) is 3. The Balaban J connectivity index is 0.000000169. The van der Waals surface area contributed by atoms with Crippen molar-refractivity contribution in [1.82, 2.24) is 44.7 Å². The molecule has 3 N–H and O–H groups in total. The van der Waals surface area contributed by atoms with E-state index in [-0.39, 0.29) is 88.6 Å². The first-order valence-corrected chi connectivity index (χ1v) is 35.1.